The van der Waals surface area contributed by atoms with Crippen molar-refractivity contribution >= 4 is 17.6 Å². The second kappa shape index (κ2) is 8.14. The number of aliphatic hydroxyl groups excluding tert-OH is 1. The second-order valence-corrected chi connectivity index (χ2v) is 7.67. The Morgan fingerprint density at radius 2 is 2.04 bits per heavy atom. The highest BCUT2D eigenvalue weighted by atomic mass is 16.3. The average molecular weight is 382 g/mol. The van der Waals surface area contributed by atoms with Crippen molar-refractivity contribution in [1.29, 1.82) is 0 Å². The summed E-state index contributed by atoms with van der Waals surface area (Å²) in [4.78, 5) is 27.8. The van der Waals surface area contributed by atoms with Gasteiger partial charge in [-0.25, -0.2) is 0 Å². The number of nitrogens with zero attached hydrogens (tertiary/aromatic N) is 3. The number of benzene rings is 1. The minimum Gasteiger partial charge on any atom is -0.394 e. The van der Waals surface area contributed by atoms with Crippen molar-refractivity contribution in [3.8, 4) is 0 Å². The van der Waals surface area contributed by atoms with Gasteiger partial charge in [0, 0.05) is 24.4 Å². The molecule has 0 bridgehead atoms. The van der Waals surface area contributed by atoms with Crippen LogP contribution in [0.2, 0.25) is 0 Å². The molecule has 2 amide bonds. The molecule has 7 heteroatoms. The third kappa shape index (κ3) is 3.80. The molecule has 1 aliphatic heterocycles. The van der Waals surface area contributed by atoms with Crippen LogP contribution in [-0.4, -0.2) is 44.3 Å². The summed E-state index contributed by atoms with van der Waals surface area (Å²) in [5.74, 6) is 0.653. The second-order valence-electron chi connectivity index (χ2n) is 7.67. The van der Waals surface area contributed by atoms with Crippen molar-refractivity contribution < 1.29 is 14.7 Å². The van der Waals surface area contributed by atoms with E-state index in [4.69, 9.17) is 5.11 Å². The van der Waals surface area contributed by atoms with Crippen molar-refractivity contribution in [2.45, 2.75) is 51.2 Å². The molecule has 1 aromatic heterocycles. The zero-order valence-corrected chi connectivity index (χ0v) is 15.9. The van der Waals surface area contributed by atoms with Gasteiger partial charge in [-0.3, -0.25) is 14.3 Å². The summed E-state index contributed by atoms with van der Waals surface area (Å²) in [6, 6.07) is 8.77. The summed E-state index contributed by atoms with van der Waals surface area (Å²) in [7, 11) is 0. The van der Waals surface area contributed by atoms with Crippen molar-refractivity contribution in [3.63, 3.8) is 0 Å². The standard InChI is InChI=1S/C21H26N4O3/c26-12-11-24-10-9-19(23-24)22-20(27)18(13-15-5-1-2-6-15)25-14-16-7-3-4-8-17(16)21(25)28/h3-4,7-10,15,18,26H,1-2,5-6,11-14H2,(H,22,23,27)/t18-/m0/s1. The lowest BCUT2D eigenvalue weighted by Gasteiger charge is -2.28. The molecule has 2 heterocycles. The van der Waals surface area contributed by atoms with Gasteiger partial charge in [0.2, 0.25) is 5.91 Å². The van der Waals surface area contributed by atoms with Crippen LogP contribution < -0.4 is 5.32 Å². The molecule has 4 rings (SSSR count). The molecule has 148 valence electrons. The zero-order valence-electron chi connectivity index (χ0n) is 15.9. The maximum absolute atomic E-state index is 13.1. The van der Waals surface area contributed by atoms with Gasteiger partial charge in [-0.2, -0.15) is 5.10 Å². The van der Waals surface area contributed by atoms with Crippen LogP contribution in [0.3, 0.4) is 0 Å². The smallest absolute Gasteiger partial charge is 0.255 e. The topological polar surface area (TPSA) is 87.5 Å². The van der Waals surface area contributed by atoms with Crippen LogP contribution >= 0.6 is 0 Å². The fourth-order valence-corrected chi connectivity index (χ4v) is 4.33. The third-order valence-electron chi connectivity index (χ3n) is 5.78. The number of amides is 2. The van der Waals surface area contributed by atoms with Crippen LogP contribution in [0.25, 0.3) is 0 Å². The van der Waals surface area contributed by atoms with Crippen molar-refractivity contribution in [3.05, 3.63) is 47.7 Å². The van der Waals surface area contributed by atoms with E-state index in [9.17, 15) is 9.59 Å². The first kappa shape index (κ1) is 18.7. The van der Waals surface area contributed by atoms with Gasteiger partial charge >= 0.3 is 0 Å². The molecule has 2 aliphatic rings. The number of carbonyl (C=O) groups is 2. The van der Waals surface area contributed by atoms with Gasteiger partial charge in [0.25, 0.3) is 5.91 Å². The highest BCUT2D eigenvalue weighted by Gasteiger charge is 2.38. The Kier molecular flexibility index (Phi) is 5.43. The van der Waals surface area contributed by atoms with Gasteiger partial charge in [-0.15, -0.1) is 0 Å². The maximum Gasteiger partial charge on any atom is 0.255 e. The molecule has 1 fully saturated rings. The number of hydrogen-bond acceptors (Lipinski definition) is 4. The molecule has 28 heavy (non-hydrogen) atoms. The first-order chi connectivity index (χ1) is 13.7. The van der Waals surface area contributed by atoms with Gasteiger partial charge in [-0.05, 0) is 24.0 Å². The molecular formula is C21H26N4O3. The third-order valence-corrected chi connectivity index (χ3v) is 5.78. The number of aliphatic hydroxyl groups is 1. The molecule has 0 radical (unpaired) electrons. The monoisotopic (exact) mass is 382 g/mol. The van der Waals surface area contributed by atoms with Gasteiger partial charge in [0.05, 0.1) is 13.2 Å². The fraction of sp³-hybridized carbons (Fsp3) is 0.476. The number of anilines is 1. The Morgan fingerprint density at radius 3 is 2.79 bits per heavy atom. The van der Waals surface area contributed by atoms with E-state index in [1.807, 2.05) is 24.3 Å². The Balaban J connectivity index is 1.53. The zero-order chi connectivity index (χ0) is 19.5. The van der Waals surface area contributed by atoms with Crippen LogP contribution in [0.15, 0.2) is 36.5 Å². The van der Waals surface area contributed by atoms with E-state index in [1.54, 1.807) is 21.8 Å². The van der Waals surface area contributed by atoms with Crippen LogP contribution in [0, 0.1) is 5.92 Å². The Hall–Kier alpha value is -2.67. The van der Waals surface area contributed by atoms with Gasteiger partial charge in [0.1, 0.15) is 6.04 Å². The largest absolute Gasteiger partial charge is 0.394 e. The van der Waals surface area contributed by atoms with E-state index in [-0.39, 0.29) is 18.4 Å². The number of hydrogen-bond donors (Lipinski definition) is 2. The lowest BCUT2D eigenvalue weighted by atomic mass is 9.96. The lowest BCUT2D eigenvalue weighted by molar-refractivity contribution is -0.121. The van der Waals surface area contributed by atoms with Crippen molar-refractivity contribution in [1.82, 2.24) is 14.7 Å². The molecule has 7 nitrogen and oxygen atoms in total. The minimum absolute atomic E-state index is 0.0140. The number of aromatic nitrogens is 2. The molecule has 1 aromatic carbocycles. The summed E-state index contributed by atoms with van der Waals surface area (Å²) in [6.45, 7) is 0.833. The average Bonchev–Trinajstić information content (AvgIpc) is 3.42. The van der Waals surface area contributed by atoms with Crippen LogP contribution in [0.4, 0.5) is 5.82 Å². The van der Waals surface area contributed by atoms with Crippen molar-refractivity contribution in [2.75, 3.05) is 11.9 Å². The first-order valence-corrected chi connectivity index (χ1v) is 10.00. The van der Waals surface area contributed by atoms with E-state index in [1.165, 1.54) is 12.8 Å². The normalized spacial score (nSPS) is 17.8. The first-order valence-electron chi connectivity index (χ1n) is 10.00. The molecule has 1 saturated carbocycles. The maximum atomic E-state index is 13.1. The van der Waals surface area contributed by atoms with Gasteiger partial charge in [-0.1, -0.05) is 43.9 Å². The quantitative estimate of drug-likeness (QED) is 0.770. The number of rotatable bonds is 7. The summed E-state index contributed by atoms with van der Waals surface area (Å²) in [6.07, 6.45) is 7.02. The Labute approximate surface area is 164 Å². The lowest BCUT2D eigenvalue weighted by Crippen LogP contribution is -2.45. The minimum atomic E-state index is -0.508. The molecular weight excluding hydrogens is 356 g/mol. The van der Waals surface area contributed by atoms with Gasteiger partial charge in [0.15, 0.2) is 5.82 Å². The van der Waals surface area contributed by atoms with Crippen LogP contribution in [-0.2, 0) is 17.9 Å². The molecule has 1 aliphatic carbocycles. The SMILES string of the molecule is O=C(Nc1ccn(CCO)n1)[C@H](CC1CCCC1)N1Cc2ccccc2C1=O. The highest BCUT2D eigenvalue weighted by Crippen LogP contribution is 2.33. The van der Waals surface area contributed by atoms with Crippen LogP contribution in [0.5, 0.6) is 0 Å². The molecule has 1 atom stereocenters. The summed E-state index contributed by atoms with van der Waals surface area (Å²) >= 11 is 0. The Bertz CT molecular complexity index is 857. The van der Waals surface area contributed by atoms with E-state index in [0.29, 0.717) is 36.8 Å². The van der Waals surface area contributed by atoms with E-state index >= 15 is 0 Å². The molecule has 2 aromatic rings. The van der Waals surface area contributed by atoms with E-state index in [2.05, 4.69) is 10.4 Å². The summed E-state index contributed by atoms with van der Waals surface area (Å²) in [5, 5.41) is 16.2. The van der Waals surface area contributed by atoms with Gasteiger partial charge < -0.3 is 15.3 Å². The predicted octanol–water partition coefficient (Wildman–Crippen LogP) is 2.42. The molecule has 2 N–H and O–H groups in total. The van der Waals surface area contributed by atoms with Crippen LogP contribution in [0.1, 0.15) is 48.0 Å². The predicted molar refractivity (Wildman–Crippen MR) is 105 cm³/mol. The highest BCUT2D eigenvalue weighted by molar-refractivity contribution is 6.03. The molecule has 0 unspecified atom stereocenters. The number of nitrogens with one attached hydrogen (secondary N) is 1. The molecule has 0 saturated heterocycles. The fourth-order valence-electron chi connectivity index (χ4n) is 4.33. The number of fused-ring (bicyclic) bond motifs is 1. The summed E-state index contributed by atoms with van der Waals surface area (Å²) < 4.78 is 1.58. The molecule has 0 spiro atoms. The Morgan fingerprint density at radius 1 is 1.25 bits per heavy atom. The van der Waals surface area contributed by atoms with E-state index in [0.717, 1.165) is 18.4 Å². The van der Waals surface area contributed by atoms with E-state index < -0.39 is 6.04 Å². The van der Waals surface area contributed by atoms with Crippen molar-refractivity contribution in [2.24, 2.45) is 5.92 Å². The summed E-state index contributed by atoms with van der Waals surface area (Å²) in [5.41, 5.74) is 1.67. The number of carbonyl (C=O) groups excluding carboxylic acids is 2.